The first-order valence-corrected chi connectivity index (χ1v) is 8.58. The van der Waals surface area contributed by atoms with Crippen molar-refractivity contribution < 1.29 is 19.4 Å². The van der Waals surface area contributed by atoms with Gasteiger partial charge in [0.05, 0.1) is 18.2 Å². The molecule has 0 amide bonds. The molecule has 138 valence electrons. The summed E-state index contributed by atoms with van der Waals surface area (Å²) >= 11 is 0. The summed E-state index contributed by atoms with van der Waals surface area (Å²) < 4.78 is 12.5. The predicted octanol–water partition coefficient (Wildman–Crippen LogP) is 2.54. The van der Waals surface area contributed by atoms with E-state index in [1.54, 1.807) is 64.2 Å². The summed E-state index contributed by atoms with van der Waals surface area (Å²) in [7, 11) is 0. The van der Waals surface area contributed by atoms with Crippen molar-refractivity contribution in [2.24, 2.45) is 0 Å². The molecule has 1 aromatic carbocycles. The lowest BCUT2D eigenvalue weighted by Crippen LogP contribution is -2.60. The zero-order valence-electron chi connectivity index (χ0n) is 15.4. The minimum Gasteiger partial charge on any atom is -0.484 e. The maximum atomic E-state index is 12.5. The zero-order valence-corrected chi connectivity index (χ0v) is 15.4. The Morgan fingerprint density at radius 3 is 2.65 bits per heavy atom. The standard InChI is InChI=1S/C20H23NO5/c1-5-25-18(23)13-9-10-15-14(12-13)17(20(4,24)19(2,3)26-15)21-11-7-6-8-16(21)22/h6-12,17,24H,5H2,1-4H3. The first-order valence-electron chi connectivity index (χ1n) is 8.58. The fourth-order valence-electron chi connectivity index (χ4n) is 3.28. The van der Waals surface area contributed by atoms with Gasteiger partial charge in [-0.25, -0.2) is 4.79 Å². The number of carbonyl (C=O) groups excluding carboxylic acids is 1. The summed E-state index contributed by atoms with van der Waals surface area (Å²) in [5.74, 6) is 0.0641. The largest absolute Gasteiger partial charge is 0.484 e. The summed E-state index contributed by atoms with van der Waals surface area (Å²) in [5, 5.41) is 11.3. The Morgan fingerprint density at radius 1 is 1.27 bits per heavy atom. The number of aliphatic hydroxyl groups is 1. The molecule has 6 heteroatoms. The number of fused-ring (bicyclic) bond motifs is 1. The van der Waals surface area contributed by atoms with Crippen molar-refractivity contribution in [1.29, 1.82) is 0 Å². The summed E-state index contributed by atoms with van der Waals surface area (Å²) in [6.07, 6.45) is 1.63. The van der Waals surface area contributed by atoms with Gasteiger partial charge in [-0.1, -0.05) is 6.07 Å². The fraction of sp³-hybridized carbons (Fsp3) is 0.400. The van der Waals surface area contributed by atoms with Crippen LogP contribution in [0.25, 0.3) is 0 Å². The van der Waals surface area contributed by atoms with Gasteiger partial charge in [-0.15, -0.1) is 0 Å². The lowest BCUT2D eigenvalue weighted by molar-refractivity contribution is -0.139. The molecule has 0 bridgehead atoms. The molecule has 0 aliphatic carbocycles. The molecule has 1 aromatic heterocycles. The molecule has 2 atom stereocenters. The summed E-state index contributed by atoms with van der Waals surface area (Å²) in [6, 6.07) is 9.03. The molecule has 0 radical (unpaired) electrons. The number of pyridine rings is 1. The summed E-state index contributed by atoms with van der Waals surface area (Å²) in [6.45, 7) is 7.18. The molecular weight excluding hydrogens is 334 g/mol. The average molecular weight is 357 g/mol. The van der Waals surface area contributed by atoms with Crippen LogP contribution in [0, 0.1) is 0 Å². The number of hydrogen-bond acceptors (Lipinski definition) is 5. The Labute approximate surface area is 152 Å². The molecule has 0 saturated carbocycles. The Morgan fingerprint density at radius 2 is 2.00 bits per heavy atom. The van der Waals surface area contributed by atoms with Gasteiger partial charge in [0.15, 0.2) is 0 Å². The van der Waals surface area contributed by atoms with Gasteiger partial charge in [-0.2, -0.15) is 0 Å². The lowest BCUT2D eigenvalue weighted by Gasteiger charge is -2.49. The molecule has 0 saturated heterocycles. The Hall–Kier alpha value is -2.60. The van der Waals surface area contributed by atoms with Gasteiger partial charge in [0, 0.05) is 17.8 Å². The van der Waals surface area contributed by atoms with Crippen LogP contribution in [-0.4, -0.2) is 33.5 Å². The molecule has 2 aromatic rings. The number of ether oxygens (including phenoxy) is 2. The van der Waals surface area contributed by atoms with Gasteiger partial charge in [-0.05, 0) is 52.0 Å². The van der Waals surface area contributed by atoms with E-state index in [2.05, 4.69) is 0 Å². The molecule has 2 unspecified atom stereocenters. The third-order valence-electron chi connectivity index (χ3n) is 5.06. The molecule has 1 N–H and O–H groups in total. The third-order valence-corrected chi connectivity index (χ3v) is 5.06. The van der Waals surface area contributed by atoms with Crippen LogP contribution < -0.4 is 10.3 Å². The topological polar surface area (TPSA) is 77.8 Å². The molecule has 26 heavy (non-hydrogen) atoms. The zero-order chi connectivity index (χ0) is 19.1. The highest BCUT2D eigenvalue weighted by Crippen LogP contribution is 2.47. The molecular formula is C20H23NO5. The quantitative estimate of drug-likeness (QED) is 0.854. The van der Waals surface area contributed by atoms with E-state index in [9.17, 15) is 14.7 Å². The van der Waals surface area contributed by atoms with Crippen molar-refractivity contribution in [3.05, 3.63) is 64.1 Å². The van der Waals surface area contributed by atoms with E-state index in [1.807, 2.05) is 0 Å². The van der Waals surface area contributed by atoms with E-state index in [4.69, 9.17) is 9.47 Å². The highest BCUT2D eigenvalue weighted by Gasteiger charge is 2.53. The van der Waals surface area contributed by atoms with Crippen molar-refractivity contribution in [2.75, 3.05) is 6.61 Å². The van der Waals surface area contributed by atoms with Crippen molar-refractivity contribution in [3.63, 3.8) is 0 Å². The van der Waals surface area contributed by atoms with Crippen LogP contribution in [0.4, 0.5) is 0 Å². The number of aromatic nitrogens is 1. The van der Waals surface area contributed by atoms with E-state index >= 15 is 0 Å². The van der Waals surface area contributed by atoms with Gasteiger partial charge in [-0.3, -0.25) is 4.79 Å². The Balaban J connectivity index is 2.24. The second-order valence-corrected chi connectivity index (χ2v) is 7.08. The number of benzene rings is 1. The van der Waals surface area contributed by atoms with Gasteiger partial charge < -0.3 is 19.1 Å². The van der Waals surface area contributed by atoms with Crippen LogP contribution in [0.5, 0.6) is 5.75 Å². The number of esters is 1. The lowest BCUT2D eigenvalue weighted by atomic mass is 9.75. The Bertz CT molecular complexity index is 897. The van der Waals surface area contributed by atoms with Crippen molar-refractivity contribution >= 4 is 5.97 Å². The minimum absolute atomic E-state index is 0.247. The summed E-state index contributed by atoms with van der Waals surface area (Å²) in [4.78, 5) is 24.6. The van der Waals surface area contributed by atoms with Crippen LogP contribution >= 0.6 is 0 Å². The van der Waals surface area contributed by atoms with Crippen LogP contribution in [0.2, 0.25) is 0 Å². The molecule has 6 nitrogen and oxygen atoms in total. The van der Waals surface area contributed by atoms with Gasteiger partial charge in [0.25, 0.3) is 5.56 Å². The van der Waals surface area contributed by atoms with Crippen LogP contribution in [0.1, 0.15) is 49.7 Å². The third kappa shape index (κ3) is 2.80. The minimum atomic E-state index is -1.40. The number of carbonyl (C=O) groups is 1. The van der Waals surface area contributed by atoms with Crippen molar-refractivity contribution in [2.45, 2.75) is 44.9 Å². The molecule has 1 aliphatic heterocycles. The molecule has 0 spiro atoms. The first kappa shape index (κ1) is 18.2. The smallest absolute Gasteiger partial charge is 0.338 e. The van der Waals surface area contributed by atoms with Gasteiger partial charge in [0.1, 0.15) is 17.0 Å². The van der Waals surface area contributed by atoms with E-state index in [0.717, 1.165) is 0 Å². The monoisotopic (exact) mass is 357 g/mol. The van der Waals surface area contributed by atoms with Crippen molar-refractivity contribution in [1.82, 2.24) is 4.57 Å². The van der Waals surface area contributed by atoms with E-state index in [0.29, 0.717) is 16.9 Å². The molecule has 3 rings (SSSR count). The average Bonchev–Trinajstić information content (AvgIpc) is 2.57. The van der Waals surface area contributed by atoms with Crippen LogP contribution in [0.15, 0.2) is 47.4 Å². The van der Waals surface area contributed by atoms with Gasteiger partial charge >= 0.3 is 5.97 Å². The van der Waals surface area contributed by atoms with E-state index in [1.165, 1.54) is 10.6 Å². The maximum absolute atomic E-state index is 12.5. The maximum Gasteiger partial charge on any atom is 0.338 e. The SMILES string of the molecule is CCOC(=O)c1ccc2c(c1)C(n1ccccc1=O)C(C)(O)C(C)(C)O2. The second-order valence-electron chi connectivity index (χ2n) is 7.08. The van der Waals surface area contributed by atoms with Crippen LogP contribution in [0.3, 0.4) is 0 Å². The first-order chi connectivity index (χ1) is 12.2. The number of hydrogen-bond donors (Lipinski definition) is 1. The highest BCUT2D eigenvalue weighted by molar-refractivity contribution is 5.90. The Kier molecular flexibility index (Phi) is 4.40. The number of rotatable bonds is 3. The molecule has 1 aliphatic rings. The van der Waals surface area contributed by atoms with Crippen molar-refractivity contribution in [3.8, 4) is 5.75 Å². The molecule has 2 heterocycles. The predicted molar refractivity (Wildman–Crippen MR) is 96.6 cm³/mol. The second kappa shape index (κ2) is 6.29. The fourth-order valence-corrected chi connectivity index (χ4v) is 3.28. The van der Waals surface area contributed by atoms with Gasteiger partial charge in [0.2, 0.25) is 0 Å². The molecule has 0 fully saturated rings. The number of nitrogens with zero attached hydrogens (tertiary/aromatic N) is 1. The summed E-state index contributed by atoms with van der Waals surface area (Å²) in [5.41, 5.74) is -1.70. The highest BCUT2D eigenvalue weighted by atomic mass is 16.5. The normalized spacial score (nSPS) is 23.7. The van der Waals surface area contributed by atoms with E-state index < -0.39 is 23.2 Å². The van der Waals surface area contributed by atoms with E-state index in [-0.39, 0.29) is 12.2 Å². The van der Waals surface area contributed by atoms with Crippen LogP contribution in [-0.2, 0) is 4.74 Å².